The maximum Gasteiger partial charge on any atom is 0.274 e. The van der Waals surface area contributed by atoms with Crippen molar-refractivity contribution in [1.82, 2.24) is 14.9 Å². The van der Waals surface area contributed by atoms with Gasteiger partial charge in [0.25, 0.3) is 5.91 Å². The van der Waals surface area contributed by atoms with Crippen LogP contribution in [0.25, 0.3) is 0 Å². The summed E-state index contributed by atoms with van der Waals surface area (Å²) < 4.78 is 13.1. The topological polar surface area (TPSA) is 52.6 Å². The Morgan fingerprint density at radius 1 is 1.00 bits per heavy atom. The molecule has 0 aliphatic carbocycles. The van der Waals surface area contributed by atoms with Gasteiger partial charge in [-0.3, -0.25) is 4.79 Å². The van der Waals surface area contributed by atoms with Crippen molar-refractivity contribution in [3.05, 3.63) is 48.2 Å². The summed E-state index contributed by atoms with van der Waals surface area (Å²) in [6.45, 7) is 8.78. The average Bonchev–Trinajstić information content (AvgIpc) is 2.74. The molecule has 3 rings (SSSR count). The van der Waals surface area contributed by atoms with Crippen molar-refractivity contribution in [2.45, 2.75) is 26.7 Å². The van der Waals surface area contributed by atoms with Crippen LogP contribution in [0.15, 0.2) is 36.7 Å². The van der Waals surface area contributed by atoms with Gasteiger partial charge in [0.1, 0.15) is 17.3 Å². The molecule has 1 aromatic carbocycles. The number of hydrogen-bond donors (Lipinski definition) is 0. The number of carbonyl (C=O) groups excluding carboxylic acids is 1. The van der Waals surface area contributed by atoms with E-state index in [-0.39, 0.29) is 11.7 Å². The standard InChI is InChI=1S/C21H28FN5O/c1-3-9-26(10-4-2)20-16-23-19(15-24-20)21(28)27-13-11-25(12-14-27)18-7-5-17(22)6-8-18/h5-8,15-16H,3-4,9-14H2,1-2H3. The molecule has 150 valence electrons. The lowest BCUT2D eigenvalue weighted by atomic mass is 10.2. The molecule has 0 radical (unpaired) electrons. The van der Waals surface area contributed by atoms with E-state index >= 15 is 0 Å². The summed E-state index contributed by atoms with van der Waals surface area (Å²) in [5.41, 5.74) is 1.36. The van der Waals surface area contributed by atoms with Crippen molar-refractivity contribution in [1.29, 1.82) is 0 Å². The summed E-state index contributed by atoms with van der Waals surface area (Å²) in [6.07, 6.45) is 5.37. The number of benzene rings is 1. The van der Waals surface area contributed by atoms with Gasteiger partial charge in [0.2, 0.25) is 0 Å². The number of amides is 1. The van der Waals surface area contributed by atoms with E-state index in [2.05, 4.69) is 33.6 Å². The lowest BCUT2D eigenvalue weighted by molar-refractivity contribution is 0.0740. The highest BCUT2D eigenvalue weighted by molar-refractivity contribution is 5.92. The number of piperazine rings is 1. The molecule has 0 bridgehead atoms. The van der Waals surface area contributed by atoms with Crippen molar-refractivity contribution in [2.24, 2.45) is 0 Å². The van der Waals surface area contributed by atoms with Gasteiger partial charge in [-0.25, -0.2) is 14.4 Å². The van der Waals surface area contributed by atoms with Gasteiger partial charge in [-0.2, -0.15) is 0 Å². The first kappa shape index (κ1) is 20.0. The minimum atomic E-state index is -0.240. The number of anilines is 2. The highest BCUT2D eigenvalue weighted by Crippen LogP contribution is 2.18. The first-order valence-electron chi connectivity index (χ1n) is 9.99. The van der Waals surface area contributed by atoms with E-state index in [1.165, 1.54) is 12.1 Å². The molecule has 0 unspecified atom stereocenters. The van der Waals surface area contributed by atoms with Crippen LogP contribution in [0.4, 0.5) is 15.9 Å². The molecule has 0 atom stereocenters. The second-order valence-corrected chi connectivity index (χ2v) is 7.00. The molecular weight excluding hydrogens is 357 g/mol. The summed E-state index contributed by atoms with van der Waals surface area (Å²) >= 11 is 0. The molecule has 7 heteroatoms. The summed E-state index contributed by atoms with van der Waals surface area (Å²) in [5, 5.41) is 0. The van der Waals surface area contributed by atoms with Gasteiger partial charge in [0.15, 0.2) is 0 Å². The molecule has 2 aromatic rings. The van der Waals surface area contributed by atoms with Crippen molar-refractivity contribution in [3.63, 3.8) is 0 Å². The number of rotatable bonds is 7. The van der Waals surface area contributed by atoms with Gasteiger partial charge >= 0.3 is 0 Å². The molecule has 2 heterocycles. The lowest BCUT2D eigenvalue weighted by Crippen LogP contribution is -2.49. The number of carbonyl (C=O) groups is 1. The van der Waals surface area contributed by atoms with Crippen LogP contribution in [-0.2, 0) is 0 Å². The predicted molar refractivity (Wildman–Crippen MR) is 109 cm³/mol. The maximum absolute atomic E-state index is 13.1. The van der Waals surface area contributed by atoms with E-state index in [0.29, 0.717) is 31.9 Å². The summed E-state index contributed by atoms with van der Waals surface area (Å²) in [5.74, 6) is 0.493. The molecule has 0 saturated carbocycles. The molecule has 1 saturated heterocycles. The SMILES string of the molecule is CCCN(CCC)c1cnc(C(=O)N2CCN(c3ccc(F)cc3)CC2)cn1. The Morgan fingerprint density at radius 2 is 1.64 bits per heavy atom. The van der Waals surface area contributed by atoms with E-state index < -0.39 is 0 Å². The van der Waals surface area contributed by atoms with E-state index in [1.54, 1.807) is 29.4 Å². The summed E-state index contributed by atoms with van der Waals surface area (Å²) in [4.78, 5) is 27.8. The highest BCUT2D eigenvalue weighted by atomic mass is 19.1. The Balaban J connectivity index is 1.59. The Morgan fingerprint density at radius 3 is 2.18 bits per heavy atom. The van der Waals surface area contributed by atoms with Crippen LogP contribution < -0.4 is 9.80 Å². The molecule has 1 aliphatic rings. The zero-order chi connectivity index (χ0) is 19.9. The van der Waals surface area contributed by atoms with Crippen molar-refractivity contribution in [3.8, 4) is 0 Å². The monoisotopic (exact) mass is 385 g/mol. The van der Waals surface area contributed by atoms with Crippen LogP contribution in [0.1, 0.15) is 37.2 Å². The molecule has 1 aromatic heterocycles. The number of nitrogens with zero attached hydrogens (tertiary/aromatic N) is 5. The fraction of sp³-hybridized carbons (Fsp3) is 0.476. The van der Waals surface area contributed by atoms with E-state index in [4.69, 9.17) is 0 Å². The Labute approximate surface area is 166 Å². The number of aromatic nitrogens is 2. The highest BCUT2D eigenvalue weighted by Gasteiger charge is 2.23. The van der Waals surface area contributed by atoms with Gasteiger partial charge in [0, 0.05) is 45.0 Å². The third-order valence-electron chi connectivity index (χ3n) is 4.93. The smallest absolute Gasteiger partial charge is 0.274 e. The van der Waals surface area contributed by atoms with Crippen LogP contribution in [0.3, 0.4) is 0 Å². The normalized spacial score (nSPS) is 14.2. The molecular formula is C21H28FN5O. The first-order valence-corrected chi connectivity index (χ1v) is 9.99. The molecule has 1 fully saturated rings. The average molecular weight is 385 g/mol. The Kier molecular flexibility index (Phi) is 6.79. The molecule has 1 amide bonds. The fourth-order valence-corrected chi connectivity index (χ4v) is 3.46. The second kappa shape index (κ2) is 9.48. The third-order valence-corrected chi connectivity index (χ3v) is 4.93. The molecule has 0 spiro atoms. The van der Waals surface area contributed by atoms with Crippen LogP contribution in [0.5, 0.6) is 0 Å². The van der Waals surface area contributed by atoms with Crippen LogP contribution in [0.2, 0.25) is 0 Å². The van der Waals surface area contributed by atoms with Crippen molar-refractivity contribution in [2.75, 3.05) is 49.1 Å². The third kappa shape index (κ3) is 4.77. The van der Waals surface area contributed by atoms with E-state index in [1.807, 2.05) is 0 Å². The van der Waals surface area contributed by atoms with Crippen LogP contribution in [0, 0.1) is 5.82 Å². The number of hydrogen-bond acceptors (Lipinski definition) is 5. The zero-order valence-electron chi connectivity index (χ0n) is 16.6. The minimum Gasteiger partial charge on any atom is -0.368 e. The molecule has 0 N–H and O–H groups in total. The van der Waals surface area contributed by atoms with E-state index in [0.717, 1.165) is 37.4 Å². The Hall–Kier alpha value is -2.70. The lowest BCUT2D eigenvalue weighted by Gasteiger charge is -2.36. The van der Waals surface area contributed by atoms with Gasteiger partial charge in [-0.05, 0) is 37.1 Å². The van der Waals surface area contributed by atoms with Crippen LogP contribution in [-0.4, -0.2) is 60.0 Å². The molecule has 28 heavy (non-hydrogen) atoms. The predicted octanol–water partition coefficient (Wildman–Crippen LogP) is 3.20. The largest absolute Gasteiger partial charge is 0.368 e. The quantitative estimate of drug-likeness (QED) is 0.733. The fourth-order valence-electron chi connectivity index (χ4n) is 3.46. The van der Waals surface area contributed by atoms with Crippen molar-refractivity contribution < 1.29 is 9.18 Å². The first-order chi connectivity index (χ1) is 13.6. The second-order valence-electron chi connectivity index (χ2n) is 7.00. The summed E-state index contributed by atoms with van der Waals surface area (Å²) in [6, 6.07) is 6.47. The molecule has 6 nitrogen and oxygen atoms in total. The van der Waals surface area contributed by atoms with Gasteiger partial charge < -0.3 is 14.7 Å². The van der Waals surface area contributed by atoms with E-state index in [9.17, 15) is 9.18 Å². The van der Waals surface area contributed by atoms with Gasteiger partial charge in [-0.15, -0.1) is 0 Å². The Bertz CT molecular complexity index is 751. The summed E-state index contributed by atoms with van der Waals surface area (Å²) in [7, 11) is 0. The van der Waals surface area contributed by atoms with Crippen molar-refractivity contribution >= 4 is 17.4 Å². The van der Waals surface area contributed by atoms with Gasteiger partial charge in [0.05, 0.1) is 12.4 Å². The van der Waals surface area contributed by atoms with Gasteiger partial charge in [-0.1, -0.05) is 13.8 Å². The molecule has 1 aliphatic heterocycles. The minimum absolute atomic E-state index is 0.0876. The number of halogens is 1. The maximum atomic E-state index is 13.1. The zero-order valence-corrected chi connectivity index (χ0v) is 16.6. The van der Waals surface area contributed by atoms with Crippen LogP contribution >= 0.6 is 0 Å².